The van der Waals surface area contributed by atoms with Crippen LogP contribution in [0.5, 0.6) is 5.75 Å². The summed E-state index contributed by atoms with van der Waals surface area (Å²) >= 11 is 1.26. The molecule has 3 aliphatic rings. The summed E-state index contributed by atoms with van der Waals surface area (Å²) < 4.78 is 39.9. The van der Waals surface area contributed by atoms with Crippen LogP contribution in [-0.2, 0) is 21.4 Å². The Kier molecular flexibility index (Phi) is 8.55. The molecular weight excluding hydrogens is 542 g/mol. The topological polar surface area (TPSA) is 67.4 Å². The molecule has 222 valence electrons. The van der Waals surface area contributed by atoms with Gasteiger partial charge in [-0.1, -0.05) is 37.1 Å². The van der Waals surface area contributed by atoms with E-state index in [0.29, 0.717) is 30.6 Å². The number of ketones is 1. The van der Waals surface area contributed by atoms with Gasteiger partial charge in [0.2, 0.25) is 5.91 Å². The molecule has 2 aromatic rings. The van der Waals surface area contributed by atoms with Gasteiger partial charge in [-0.2, -0.15) is 0 Å². The lowest BCUT2D eigenvalue weighted by Gasteiger charge is -2.38. The number of hydrogen-bond acceptors (Lipinski definition) is 5. The van der Waals surface area contributed by atoms with Gasteiger partial charge in [-0.3, -0.25) is 14.3 Å². The summed E-state index contributed by atoms with van der Waals surface area (Å²) in [5.41, 5.74) is 0.152. The predicted octanol–water partition coefficient (Wildman–Crippen LogP) is 6.86. The Hall–Kier alpha value is -2.45. The van der Waals surface area contributed by atoms with E-state index < -0.39 is 11.1 Å². The molecule has 0 bridgehead atoms. The Morgan fingerprint density at radius 3 is 2.61 bits per heavy atom. The number of carbonyl (C=O) groups excluding carboxylic acids is 2. The van der Waals surface area contributed by atoms with E-state index in [4.69, 9.17) is 4.74 Å². The lowest BCUT2D eigenvalue weighted by molar-refractivity contribution is -0.131. The largest absolute Gasteiger partial charge is 0.490 e. The molecule has 0 unspecified atom stereocenters. The first-order valence-electron chi connectivity index (χ1n) is 14.9. The average Bonchev–Trinajstić information content (AvgIpc) is 3.53. The molecule has 1 heterocycles. The van der Waals surface area contributed by atoms with Crippen molar-refractivity contribution in [3.63, 3.8) is 0 Å². The molecule has 1 aliphatic heterocycles. The van der Waals surface area contributed by atoms with Gasteiger partial charge in [-0.25, -0.2) is 8.78 Å². The van der Waals surface area contributed by atoms with Crippen molar-refractivity contribution >= 4 is 23.6 Å². The van der Waals surface area contributed by atoms with Crippen molar-refractivity contribution in [1.82, 2.24) is 10.0 Å². The van der Waals surface area contributed by atoms with E-state index in [9.17, 15) is 14.0 Å². The Labute approximate surface area is 246 Å². The minimum atomic E-state index is -1.76. The van der Waals surface area contributed by atoms with Crippen LogP contribution >= 0.6 is 11.9 Å². The number of rotatable bonds is 10. The summed E-state index contributed by atoms with van der Waals surface area (Å²) in [5.74, 6) is 0.0403. The van der Waals surface area contributed by atoms with E-state index in [2.05, 4.69) is 10.0 Å². The number of ether oxygens (including phenoxy) is 1. The van der Waals surface area contributed by atoms with Crippen LogP contribution in [0.25, 0.3) is 11.1 Å². The fourth-order valence-corrected chi connectivity index (χ4v) is 7.28. The zero-order chi connectivity index (χ0) is 29.4. The van der Waals surface area contributed by atoms with E-state index in [0.717, 1.165) is 48.8 Å². The molecule has 3 atom stereocenters. The van der Waals surface area contributed by atoms with Gasteiger partial charge in [0.1, 0.15) is 11.6 Å². The van der Waals surface area contributed by atoms with Gasteiger partial charge in [0, 0.05) is 36.7 Å². The van der Waals surface area contributed by atoms with E-state index in [1.54, 1.807) is 6.07 Å². The summed E-state index contributed by atoms with van der Waals surface area (Å²) in [4.78, 5) is 25.9. The molecule has 0 aromatic heterocycles. The van der Waals surface area contributed by atoms with E-state index in [1.165, 1.54) is 18.0 Å². The van der Waals surface area contributed by atoms with Crippen molar-refractivity contribution in [1.29, 1.82) is 0 Å². The van der Waals surface area contributed by atoms with Gasteiger partial charge in [-0.05, 0) is 99.6 Å². The highest BCUT2D eigenvalue weighted by Crippen LogP contribution is 2.46. The monoisotopic (exact) mass is 584 g/mol. The van der Waals surface area contributed by atoms with Gasteiger partial charge in [0.15, 0.2) is 11.5 Å². The van der Waals surface area contributed by atoms with Gasteiger partial charge < -0.3 is 10.1 Å². The van der Waals surface area contributed by atoms with Crippen LogP contribution in [0.3, 0.4) is 0 Å². The zero-order valence-corrected chi connectivity index (χ0v) is 25.4. The summed E-state index contributed by atoms with van der Waals surface area (Å²) in [7, 11) is 0. The Morgan fingerprint density at radius 2 is 1.95 bits per heavy atom. The van der Waals surface area contributed by atoms with Crippen LogP contribution in [0.15, 0.2) is 36.4 Å². The maximum absolute atomic E-state index is 15.6. The van der Waals surface area contributed by atoms with Crippen LogP contribution < -0.4 is 14.8 Å². The van der Waals surface area contributed by atoms with Gasteiger partial charge in [0.05, 0.1) is 11.5 Å². The predicted molar refractivity (Wildman–Crippen MR) is 160 cm³/mol. The van der Waals surface area contributed by atoms with Crippen LogP contribution in [0.4, 0.5) is 8.78 Å². The fourth-order valence-electron chi connectivity index (χ4n) is 6.84. The average molecular weight is 585 g/mol. The molecule has 0 radical (unpaired) electrons. The highest BCUT2D eigenvalue weighted by Gasteiger charge is 2.55. The number of Topliss-reactive ketones (excluding diaryl/α,β-unsaturated/α-hetero) is 1. The second-order valence-corrected chi connectivity index (χ2v) is 13.4. The first-order chi connectivity index (χ1) is 19.5. The molecular formula is C33H42F2N2O3S. The molecule has 5 nitrogen and oxygen atoms in total. The molecule has 8 heteroatoms. The summed E-state index contributed by atoms with van der Waals surface area (Å²) in [6.07, 6.45) is 7.99. The molecule has 1 spiro atoms. The minimum absolute atomic E-state index is 0.0790. The number of benzene rings is 2. The molecule has 2 saturated carbocycles. The van der Waals surface area contributed by atoms with Gasteiger partial charge in [-0.15, -0.1) is 0 Å². The van der Waals surface area contributed by atoms with E-state index in [-0.39, 0.29) is 48.0 Å². The third kappa shape index (κ3) is 5.92. The second-order valence-electron chi connectivity index (χ2n) is 12.8. The fraction of sp³-hybridized carbons (Fsp3) is 0.576. The van der Waals surface area contributed by atoms with Crippen molar-refractivity contribution in [2.24, 2.45) is 5.92 Å². The van der Waals surface area contributed by atoms with Crippen LogP contribution in [0.1, 0.15) is 83.3 Å². The van der Waals surface area contributed by atoms with Crippen molar-refractivity contribution < 1.29 is 23.1 Å². The van der Waals surface area contributed by atoms with Crippen LogP contribution in [0, 0.1) is 11.7 Å². The molecule has 2 N–H and O–H groups in total. The maximum atomic E-state index is 15.6. The highest BCUT2D eigenvalue weighted by molar-refractivity contribution is 7.97. The molecule has 2 aliphatic carbocycles. The number of alkyl halides is 1. The van der Waals surface area contributed by atoms with Crippen molar-refractivity contribution in [3.05, 3.63) is 53.3 Å². The number of halogens is 2. The van der Waals surface area contributed by atoms with Gasteiger partial charge in [0.25, 0.3) is 0 Å². The summed E-state index contributed by atoms with van der Waals surface area (Å²) in [6, 6.07) is 10.8. The third-order valence-electron chi connectivity index (χ3n) is 9.66. The minimum Gasteiger partial charge on any atom is -0.490 e. The van der Waals surface area contributed by atoms with Crippen molar-refractivity contribution in [2.45, 2.75) is 101 Å². The van der Waals surface area contributed by atoms with E-state index >= 15 is 4.39 Å². The number of hydrogen-bond donors (Lipinski definition) is 2. The quantitative estimate of drug-likeness (QED) is 0.299. The lowest BCUT2D eigenvalue weighted by atomic mass is 9.73. The Morgan fingerprint density at radius 1 is 1.17 bits per heavy atom. The smallest absolute Gasteiger partial charge is 0.239 e. The molecule has 1 saturated heterocycles. The van der Waals surface area contributed by atoms with Crippen molar-refractivity contribution in [3.8, 4) is 16.9 Å². The van der Waals surface area contributed by atoms with Crippen LogP contribution in [0.2, 0.25) is 0 Å². The second kappa shape index (κ2) is 11.7. The highest BCUT2D eigenvalue weighted by atomic mass is 32.2. The van der Waals surface area contributed by atoms with E-state index in [1.807, 2.05) is 51.3 Å². The molecule has 41 heavy (non-hydrogen) atoms. The number of carbonyl (C=O) groups is 2. The first kappa shape index (κ1) is 30.0. The zero-order valence-electron chi connectivity index (χ0n) is 24.6. The SMILES string of the molecule is CCc1c(F)cccc1-c1cc(C(C)(C)C(=O)NSC)ccc1O[C@@H]1CC[C@@H](CC(=O)[C@@]2(F)CNC3(CCC3)C2)C1. The maximum Gasteiger partial charge on any atom is 0.239 e. The lowest BCUT2D eigenvalue weighted by Crippen LogP contribution is -2.46. The number of nitrogens with one attached hydrogen (secondary N) is 2. The summed E-state index contributed by atoms with van der Waals surface area (Å²) in [6.45, 7) is 5.79. The van der Waals surface area contributed by atoms with Crippen molar-refractivity contribution in [2.75, 3.05) is 12.8 Å². The number of amides is 1. The summed E-state index contributed by atoms with van der Waals surface area (Å²) in [5, 5.41) is 3.30. The third-order valence-corrected chi connectivity index (χ3v) is 10.0. The first-order valence-corrected chi connectivity index (χ1v) is 16.1. The molecule has 3 fully saturated rings. The standard InChI is InChI=1S/C33H42F2N2O3S/c1-5-24-25(8-6-9-27(24)34)26-18-22(31(2,3)30(39)37-41-4)11-13-28(26)40-23-12-10-21(16-23)17-29(38)33(35)19-32(36-20-33)14-7-15-32/h6,8-9,11,13,18,21,23,36H,5,7,10,12,14-17,19-20H2,1-4H3,(H,37,39)/t21-,23-,33+/m1/s1. The Balaban J connectivity index is 1.35. The van der Waals surface area contributed by atoms with Gasteiger partial charge >= 0.3 is 0 Å². The molecule has 2 aromatic carbocycles. The van der Waals surface area contributed by atoms with Crippen LogP contribution in [-0.4, -0.2) is 41.8 Å². The Bertz CT molecular complexity index is 1310. The molecule has 5 rings (SSSR count). The molecule has 1 amide bonds. The normalized spacial score (nSPS) is 25.2.